The van der Waals surface area contributed by atoms with Gasteiger partial charge in [-0.25, -0.2) is 33.5 Å². The van der Waals surface area contributed by atoms with Gasteiger partial charge in [-0.15, -0.1) is 0 Å². The van der Waals surface area contributed by atoms with Crippen LogP contribution in [0.2, 0.25) is 0 Å². The molecular weight excluding hydrogens is 860 g/mol. The summed E-state index contributed by atoms with van der Waals surface area (Å²) in [7, 11) is 1.39. The van der Waals surface area contributed by atoms with Crippen molar-refractivity contribution in [2.24, 2.45) is 5.92 Å². The molecule has 4 aromatic heterocycles. The van der Waals surface area contributed by atoms with Gasteiger partial charge in [0.1, 0.15) is 10.0 Å². The summed E-state index contributed by atoms with van der Waals surface area (Å²) >= 11 is 6.53. The number of alkyl halides is 9. The van der Waals surface area contributed by atoms with Crippen LogP contribution in [0.3, 0.4) is 0 Å². The van der Waals surface area contributed by atoms with E-state index in [1.807, 2.05) is 0 Å². The van der Waals surface area contributed by atoms with Gasteiger partial charge in [-0.1, -0.05) is 22.7 Å². The predicted octanol–water partition coefficient (Wildman–Crippen LogP) is 6.37. The largest absolute Gasteiger partial charge is 0.449 e. The highest BCUT2D eigenvalue weighted by molar-refractivity contribution is 7.17. The molecule has 1 N–H and O–H groups in total. The Bertz CT molecular complexity index is 2140. The summed E-state index contributed by atoms with van der Waals surface area (Å²) in [6.45, 7) is -0.847. The molecule has 0 radical (unpaired) electrons. The first kappa shape index (κ1) is 43.8. The predicted molar refractivity (Wildman–Crippen MR) is 176 cm³/mol. The van der Waals surface area contributed by atoms with Crippen LogP contribution < -0.4 is 0 Å². The molecule has 4 amide bonds. The van der Waals surface area contributed by atoms with Crippen LogP contribution in [-0.4, -0.2) is 105 Å². The Hall–Kier alpha value is -4.34. The molecule has 2 aliphatic heterocycles. The lowest BCUT2D eigenvalue weighted by atomic mass is 10.1. The number of aromatic nitrogens is 6. The molecule has 314 valence electrons. The number of carbonyl (C=O) groups is 3. The first-order valence-electron chi connectivity index (χ1n) is 16.2. The van der Waals surface area contributed by atoms with Gasteiger partial charge in [0, 0.05) is 39.1 Å². The highest BCUT2D eigenvalue weighted by Gasteiger charge is 2.46. The molecule has 2 atom stereocenters. The number of imidazole rings is 2. The summed E-state index contributed by atoms with van der Waals surface area (Å²) in [4.78, 5) is 46.0. The molecule has 4 aromatic rings. The highest BCUT2D eigenvalue weighted by atomic mass is 35.5. The zero-order valence-corrected chi connectivity index (χ0v) is 31.5. The van der Waals surface area contributed by atoms with Crippen molar-refractivity contribution >= 4 is 62.2 Å². The molecule has 2 aliphatic rings. The van der Waals surface area contributed by atoms with E-state index in [1.54, 1.807) is 0 Å². The highest BCUT2D eigenvalue weighted by Crippen LogP contribution is 2.38. The van der Waals surface area contributed by atoms with Crippen LogP contribution in [0.5, 0.6) is 0 Å². The second kappa shape index (κ2) is 16.9. The number of hydrogen-bond donors (Lipinski definition) is 1. The second-order valence-corrected chi connectivity index (χ2v) is 14.8. The minimum atomic E-state index is -4.85. The zero-order valence-electron chi connectivity index (χ0n) is 29.1. The van der Waals surface area contributed by atoms with Crippen LogP contribution in [0.1, 0.15) is 52.6 Å². The van der Waals surface area contributed by atoms with Crippen molar-refractivity contribution in [3.63, 3.8) is 0 Å². The monoisotopic (exact) mass is 887 g/mol. The van der Waals surface area contributed by atoms with Gasteiger partial charge in [-0.3, -0.25) is 4.79 Å². The Morgan fingerprint density at radius 1 is 0.912 bits per heavy atom. The number of ether oxygens (including phenoxy) is 2. The Kier molecular flexibility index (Phi) is 13.0. The third kappa shape index (κ3) is 10.0. The number of likely N-dealkylation sites (tertiary alicyclic amines) is 1. The quantitative estimate of drug-likeness (QED) is 0.133. The molecule has 15 nitrogen and oxygen atoms in total. The number of amides is 4. The summed E-state index contributed by atoms with van der Waals surface area (Å²) in [6, 6.07) is -2.48. The van der Waals surface area contributed by atoms with E-state index in [0.717, 1.165) is 41.5 Å². The first-order valence-corrected chi connectivity index (χ1v) is 18.2. The number of aliphatic hydroxyl groups is 1. The van der Waals surface area contributed by atoms with Gasteiger partial charge in [0.15, 0.2) is 11.4 Å². The fraction of sp³-hybridized carbons (Fsp3) is 0.552. The smallest absolute Gasteiger partial charge is 0.435 e. The second-order valence-electron chi connectivity index (χ2n) is 12.2. The number of aliphatic hydroxyl groups excluding tert-OH is 1. The van der Waals surface area contributed by atoms with Crippen LogP contribution >= 0.6 is 34.3 Å². The summed E-state index contributed by atoms with van der Waals surface area (Å²) in [5.41, 5.74) is -3.31. The molecule has 6 rings (SSSR count). The van der Waals surface area contributed by atoms with Crippen molar-refractivity contribution in [2.45, 2.75) is 69.8 Å². The first-order chi connectivity index (χ1) is 26.5. The lowest BCUT2D eigenvalue weighted by molar-refractivity contribution is -0.142. The van der Waals surface area contributed by atoms with Crippen LogP contribution in [0.15, 0.2) is 12.2 Å². The number of rotatable bonds is 11. The Balaban J connectivity index is 0.000000221. The number of methoxy groups -OCH3 is 1. The van der Waals surface area contributed by atoms with E-state index in [0.29, 0.717) is 16.0 Å². The van der Waals surface area contributed by atoms with Crippen molar-refractivity contribution in [2.75, 3.05) is 26.8 Å². The van der Waals surface area contributed by atoms with Gasteiger partial charge >= 0.3 is 29.9 Å². The van der Waals surface area contributed by atoms with Crippen LogP contribution in [0, 0.1) is 5.92 Å². The van der Waals surface area contributed by atoms with E-state index in [9.17, 15) is 58.3 Å². The van der Waals surface area contributed by atoms with Gasteiger partial charge in [0.2, 0.25) is 15.8 Å². The average Bonchev–Trinajstić information content (AvgIpc) is 3.91. The molecular formula is C29H28ClF10N9O6S2. The average molecular weight is 888 g/mol. The molecule has 28 heteroatoms. The normalized spacial score (nSPS) is 18.0. The molecule has 0 aromatic carbocycles. The zero-order chi connectivity index (χ0) is 42.2. The SMILES string of the molecule is CCOC(=O)N1C(=O)N(Cc2c(C(F)(F)F)nc3sc(COC)nn23)CC1C=C(F)F.O=C1CC(CC(F)(F)Cl)CN1Cc1c(C(F)(F)F)nc2sc(CO)nn12. The van der Waals surface area contributed by atoms with Crippen LogP contribution in [-0.2, 0) is 52.9 Å². The molecule has 2 unspecified atom stereocenters. The number of imide groups is 1. The lowest BCUT2D eigenvalue weighted by Gasteiger charge is -2.18. The minimum Gasteiger partial charge on any atom is -0.449 e. The van der Waals surface area contributed by atoms with Crippen molar-refractivity contribution < 1.29 is 72.9 Å². The van der Waals surface area contributed by atoms with Crippen molar-refractivity contribution in [1.29, 1.82) is 0 Å². The topological polar surface area (TPSA) is 160 Å². The van der Waals surface area contributed by atoms with Gasteiger partial charge in [-0.2, -0.15) is 54.1 Å². The fourth-order valence-electron chi connectivity index (χ4n) is 5.97. The standard InChI is InChI=1S/C16H16F5N5O4S.C13H12ClF5N4O2S/c1-3-30-15(28)25-8(4-10(17)18)5-24(14(25)27)6-9-12(16(19,20)21)22-13-26(9)23-11(31-13)7-29-2;14-12(15,16)2-6-1-9(25)22(3-6)4-7-10(13(17,18)19)20-11-23(7)21-8(5-24)26-11/h4,8H,3,5-7H2,1-2H3;6,24H,1-5H2. The fourth-order valence-corrected chi connectivity index (χ4v) is 7.84. The molecule has 6 heterocycles. The van der Waals surface area contributed by atoms with Gasteiger partial charge in [-0.05, 0) is 24.4 Å². The van der Waals surface area contributed by atoms with Crippen LogP contribution in [0.25, 0.3) is 9.92 Å². The van der Waals surface area contributed by atoms with E-state index in [-0.39, 0.29) is 46.8 Å². The van der Waals surface area contributed by atoms with E-state index in [1.165, 1.54) is 14.0 Å². The Morgan fingerprint density at radius 3 is 1.95 bits per heavy atom. The van der Waals surface area contributed by atoms with E-state index < -0.39 is 104 Å². The number of carbonyl (C=O) groups excluding carboxylic acids is 3. The maximum absolute atomic E-state index is 13.5. The third-order valence-electron chi connectivity index (χ3n) is 8.11. The molecule has 0 bridgehead atoms. The van der Waals surface area contributed by atoms with Gasteiger partial charge < -0.3 is 24.4 Å². The number of nitrogens with zero attached hydrogens (tertiary/aromatic N) is 9. The summed E-state index contributed by atoms with van der Waals surface area (Å²) in [5.74, 6) is -1.30. The molecule has 2 saturated heterocycles. The number of urea groups is 1. The van der Waals surface area contributed by atoms with Gasteiger partial charge in [0.25, 0.3) is 6.08 Å². The molecule has 0 aliphatic carbocycles. The lowest BCUT2D eigenvalue weighted by Crippen LogP contribution is -2.40. The number of hydrogen-bond acceptors (Lipinski definition) is 12. The third-order valence-corrected chi connectivity index (χ3v) is 10.0. The number of halogens is 11. The van der Waals surface area contributed by atoms with E-state index >= 15 is 0 Å². The Morgan fingerprint density at radius 2 is 1.46 bits per heavy atom. The maximum atomic E-state index is 13.5. The maximum Gasteiger partial charge on any atom is 0.435 e. The summed E-state index contributed by atoms with van der Waals surface area (Å²) < 4.78 is 143. The van der Waals surface area contributed by atoms with Crippen molar-refractivity contribution in [1.82, 2.24) is 43.9 Å². The number of fused-ring (bicyclic) bond motifs is 2. The molecule has 0 saturated carbocycles. The van der Waals surface area contributed by atoms with Gasteiger partial charge in [0.05, 0.1) is 50.3 Å². The minimum absolute atomic E-state index is 0.0384. The summed E-state index contributed by atoms with van der Waals surface area (Å²) in [5, 5.41) is 14.0. The molecule has 0 spiro atoms. The van der Waals surface area contributed by atoms with Crippen LogP contribution in [0.4, 0.5) is 53.5 Å². The Labute approximate surface area is 326 Å². The van der Waals surface area contributed by atoms with Crippen molar-refractivity contribution in [3.8, 4) is 0 Å². The van der Waals surface area contributed by atoms with E-state index in [4.69, 9.17) is 26.2 Å². The molecule has 57 heavy (non-hydrogen) atoms. The summed E-state index contributed by atoms with van der Waals surface area (Å²) in [6.07, 6.45) is -13.5. The van der Waals surface area contributed by atoms with Crippen molar-refractivity contribution in [3.05, 3.63) is 44.9 Å². The van der Waals surface area contributed by atoms with E-state index in [2.05, 4.69) is 20.2 Å². The molecule has 2 fully saturated rings.